The Balaban J connectivity index is 1.43. The van der Waals surface area contributed by atoms with Crippen molar-refractivity contribution in [1.82, 2.24) is 9.80 Å². The molecule has 2 heterocycles. The van der Waals surface area contributed by atoms with Crippen LogP contribution in [0.4, 0.5) is 8.78 Å². The fourth-order valence-corrected chi connectivity index (χ4v) is 4.01. The molecule has 0 bridgehead atoms. The Labute approximate surface area is 170 Å². The molecule has 3 rings (SSSR count). The summed E-state index contributed by atoms with van der Waals surface area (Å²) < 4.78 is 32.2. The van der Waals surface area contributed by atoms with Crippen molar-refractivity contribution >= 4 is 17.4 Å². The molecule has 0 spiro atoms. The molecule has 2 saturated heterocycles. The van der Waals surface area contributed by atoms with Gasteiger partial charge in [-0.1, -0.05) is 18.0 Å². The monoisotopic (exact) mass is 414 g/mol. The van der Waals surface area contributed by atoms with Crippen molar-refractivity contribution < 1.29 is 18.3 Å². The van der Waals surface area contributed by atoms with Gasteiger partial charge in [-0.05, 0) is 50.6 Å². The van der Waals surface area contributed by atoms with E-state index in [-0.39, 0.29) is 38.3 Å². The molecule has 0 radical (unpaired) electrons. The van der Waals surface area contributed by atoms with Crippen LogP contribution in [-0.4, -0.2) is 67.4 Å². The summed E-state index contributed by atoms with van der Waals surface area (Å²) in [6, 6.07) is 5.04. The minimum absolute atomic E-state index is 0.108. The summed E-state index contributed by atoms with van der Waals surface area (Å²) in [7, 11) is 0. The number of carbonyl (C=O) groups excluding carboxylic acids is 1. The van der Waals surface area contributed by atoms with Gasteiger partial charge in [-0.25, -0.2) is 8.78 Å². The normalized spacial score (nSPS) is 20.8. The third kappa shape index (κ3) is 6.39. The van der Waals surface area contributed by atoms with Gasteiger partial charge in [0.05, 0.1) is 18.2 Å². The molecule has 28 heavy (non-hydrogen) atoms. The summed E-state index contributed by atoms with van der Waals surface area (Å²) in [5.41, 5.74) is 0.489. The van der Waals surface area contributed by atoms with E-state index >= 15 is 0 Å². The third-order valence-corrected chi connectivity index (χ3v) is 5.83. The molecule has 1 aromatic carbocycles. The van der Waals surface area contributed by atoms with Crippen LogP contribution in [0.25, 0.3) is 0 Å². The number of piperidine rings is 2. The molecule has 0 aromatic heterocycles. The minimum Gasteiger partial charge on any atom is -0.492 e. The Morgan fingerprint density at radius 1 is 1.07 bits per heavy atom. The SMILES string of the molecule is O=C(CN1CCC(F)(F)CC1)c1ccc(OCCCN2CCCCC2)c(Cl)c1. The zero-order chi connectivity index (χ0) is 20.0. The second kappa shape index (κ2) is 9.99. The van der Waals surface area contributed by atoms with Gasteiger partial charge in [0.25, 0.3) is 5.92 Å². The molecule has 2 fully saturated rings. The first kappa shape index (κ1) is 21.5. The average molecular weight is 415 g/mol. The van der Waals surface area contributed by atoms with Gasteiger partial charge >= 0.3 is 0 Å². The average Bonchev–Trinajstić information content (AvgIpc) is 2.68. The van der Waals surface area contributed by atoms with Gasteiger partial charge in [0.15, 0.2) is 5.78 Å². The third-order valence-electron chi connectivity index (χ3n) is 5.53. The van der Waals surface area contributed by atoms with E-state index in [4.69, 9.17) is 16.3 Å². The van der Waals surface area contributed by atoms with Crippen molar-refractivity contribution in [3.8, 4) is 5.75 Å². The Kier molecular flexibility index (Phi) is 7.66. The summed E-state index contributed by atoms with van der Waals surface area (Å²) in [6.07, 6.45) is 4.45. The van der Waals surface area contributed by atoms with Gasteiger partial charge in [-0.2, -0.15) is 0 Å². The number of ketones is 1. The molecule has 1 aromatic rings. The highest BCUT2D eigenvalue weighted by Gasteiger charge is 2.34. The van der Waals surface area contributed by atoms with Crippen molar-refractivity contribution in [3.05, 3.63) is 28.8 Å². The van der Waals surface area contributed by atoms with Crippen molar-refractivity contribution in [1.29, 1.82) is 0 Å². The molecule has 0 unspecified atom stereocenters. The van der Waals surface area contributed by atoms with Crippen molar-refractivity contribution in [3.63, 3.8) is 0 Å². The van der Waals surface area contributed by atoms with E-state index in [2.05, 4.69) is 4.90 Å². The fraction of sp³-hybridized carbons (Fsp3) is 0.667. The predicted molar refractivity (Wildman–Crippen MR) is 107 cm³/mol. The van der Waals surface area contributed by atoms with E-state index in [1.54, 1.807) is 23.1 Å². The van der Waals surface area contributed by atoms with Gasteiger partial charge < -0.3 is 9.64 Å². The number of likely N-dealkylation sites (tertiary alicyclic amines) is 2. The number of hydrogen-bond donors (Lipinski definition) is 0. The van der Waals surface area contributed by atoms with Crippen LogP contribution in [0.15, 0.2) is 18.2 Å². The zero-order valence-corrected chi connectivity index (χ0v) is 17.0. The number of alkyl halides is 2. The lowest BCUT2D eigenvalue weighted by atomic mass is 10.1. The lowest BCUT2D eigenvalue weighted by Crippen LogP contribution is -2.41. The van der Waals surface area contributed by atoms with Crippen LogP contribution in [0.3, 0.4) is 0 Å². The topological polar surface area (TPSA) is 32.8 Å². The summed E-state index contributed by atoms with van der Waals surface area (Å²) in [5.74, 6) is -2.13. The van der Waals surface area contributed by atoms with Crippen LogP contribution in [0, 0.1) is 0 Å². The second-order valence-corrected chi connectivity index (χ2v) is 8.21. The Bertz CT molecular complexity index is 656. The Morgan fingerprint density at radius 3 is 2.46 bits per heavy atom. The molecule has 0 atom stereocenters. The molecule has 4 nitrogen and oxygen atoms in total. The van der Waals surface area contributed by atoms with Crippen LogP contribution in [-0.2, 0) is 0 Å². The highest BCUT2D eigenvalue weighted by Crippen LogP contribution is 2.29. The summed E-state index contributed by atoms with van der Waals surface area (Å²) in [4.78, 5) is 16.7. The number of hydrogen-bond acceptors (Lipinski definition) is 4. The molecule has 2 aliphatic heterocycles. The number of benzene rings is 1. The van der Waals surface area contributed by atoms with E-state index in [0.29, 0.717) is 22.9 Å². The Hall–Kier alpha value is -1.24. The van der Waals surface area contributed by atoms with Gasteiger partial charge in [0.2, 0.25) is 0 Å². The molecule has 0 N–H and O–H groups in total. The maximum atomic E-state index is 13.2. The maximum absolute atomic E-state index is 13.2. The second-order valence-electron chi connectivity index (χ2n) is 7.80. The quantitative estimate of drug-likeness (QED) is 0.463. The zero-order valence-electron chi connectivity index (χ0n) is 16.3. The number of rotatable bonds is 8. The highest BCUT2D eigenvalue weighted by molar-refractivity contribution is 6.32. The lowest BCUT2D eigenvalue weighted by molar-refractivity contribution is -0.0536. The van der Waals surface area contributed by atoms with E-state index < -0.39 is 5.92 Å². The number of carbonyl (C=O) groups is 1. The van der Waals surface area contributed by atoms with Gasteiger partial charge in [0.1, 0.15) is 5.75 Å². The summed E-state index contributed by atoms with van der Waals surface area (Å²) in [6.45, 7) is 4.59. The maximum Gasteiger partial charge on any atom is 0.250 e. The van der Waals surface area contributed by atoms with E-state index in [1.807, 2.05) is 0 Å². The Morgan fingerprint density at radius 2 is 1.79 bits per heavy atom. The molecular weight excluding hydrogens is 386 g/mol. The van der Waals surface area contributed by atoms with Crippen LogP contribution in [0.1, 0.15) is 48.9 Å². The van der Waals surface area contributed by atoms with Crippen LogP contribution in [0.5, 0.6) is 5.75 Å². The lowest BCUT2D eigenvalue weighted by Gasteiger charge is -2.31. The van der Waals surface area contributed by atoms with E-state index in [9.17, 15) is 13.6 Å². The summed E-state index contributed by atoms with van der Waals surface area (Å²) in [5, 5.41) is 0.411. The van der Waals surface area contributed by atoms with Crippen molar-refractivity contribution in [2.45, 2.75) is 44.4 Å². The fourth-order valence-electron chi connectivity index (χ4n) is 3.78. The number of ether oxygens (including phenoxy) is 1. The van der Waals surface area contributed by atoms with Gasteiger partial charge in [0, 0.05) is 38.0 Å². The first-order chi connectivity index (χ1) is 13.4. The minimum atomic E-state index is -2.60. The largest absolute Gasteiger partial charge is 0.492 e. The molecule has 0 amide bonds. The van der Waals surface area contributed by atoms with Crippen LogP contribution < -0.4 is 4.74 Å². The van der Waals surface area contributed by atoms with E-state index in [1.165, 1.54) is 32.4 Å². The smallest absolute Gasteiger partial charge is 0.250 e. The summed E-state index contributed by atoms with van der Waals surface area (Å²) >= 11 is 6.28. The molecular formula is C21H29ClF2N2O2. The van der Waals surface area contributed by atoms with Crippen LogP contribution >= 0.6 is 11.6 Å². The highest BCUT2D eigenvalue weighted by atomic mass is 35.5. The molecule has 0 aliphatic carbocycles. The van der Waals surface area contributed by atoms with Crippen LogP contribution in [0.2, 0.25) is 5.02 Å². The molecule has 156 valence electrons. The predicted octanol–water partition coefficient (Wildman–Crippen LogP) is 4.51. The first-order valence-electron chi connectivity index (χ1n) is 10.2. The van der Waals surface area contributed by atoms with E-state index in [0.717, 1.165) is 13.0 Å². The number of Topliss-reactive ketones (excluding diaryl/α,β-unsaturated/α-hetero) is 1. The molecule has 7 heteroatoms. The van der Waals surface area contributed by atoms with Crippen molar-refractivity contribution in [2.75, 3.05) is 45.9 Å². The van der Waals surface area contributed by atoms with Crippen molar-refractivity contribution in [2.24, 2.45) is 0 Å². The number of halogens is 3. The van der Waals surface area contributed by atoms with Gasteiger partial charge in [-0.15, -0.1) is 0 Å². The molecule has 0 saturated carbocycles. The van der Waals surface area contributed by atoms with Gasteiger partial charge in [-0.3, -0.25) is 9.69 Å². The number of nitrogens with zero attached hydrogens (tertiary/aromatic N) is 2. The first-order valence-corrected chi connectivity index (χ1v) is 10.6. The standard InChI is InChI=1S/C21H29ClF2N2O2/c22-18-15-17(19(27)16-26-12-7-21(23,24)8-13-26)5-6-20(18)28-14-4-11-25-9-2-1-3-10-25/h5-6,15H,1-4,7-14,16H2. The molecule has 2 aliphatic rings.